The van der Waals surface area contributed by atoms with Gasteiger partial charge in [0.1, 0.15) is 0 Å². The molecule has 0 atom stereocenters. The van der Waals surface area contributed by atoms with Crippen LogP contribution in [0.3, 0.4) is 0 Å². The summed E-state index contributed by atoms with van der Waals surface area (Å²) in [5.74, 6) is -0.143. The summed E-state index contributed by atoms with van der Waals surface area (Å²) in [4.78, 5) is 1.21. The van der Waals surface area contributed by atoms with Crippen molar-refractivity contribution in [3.05, 3.63) is 64.5 Å². The van der Waals surface area contributed by atoms with Crippen LogP contribution in [0.2, 0.25) is 0 Å². The molecule has 0 amide bonds. The normalized spacial score (nSPS) is 15.0. The summed E-state index contributed by atoms with van der Waals surface area (Å²) in [6, 6.07) is 11.6. The molecule has 0 aliphatic heterocycles. The maximum Gasteiger partial charge on any atom is 0.165 e. The predicted octanol–water partition coefficient (Wildman–Crippen LogP) is 5.27. The van der Waals surface area contributed by atoms with Crippen molar-refractivity contribution in [1.82, 2.24) is 0 Å². The number of allylic oxidation sites excluding steroid dienone is 2. The van der Waals surface area contributed by atoms with Crippen molar-refractivity contribution in [3.63, 3.8) is 0 Å². The number of benzene rings is 2. The SMILES string of the molecule is COc1cc2c(cc1F)/C(=C\c1ccc(SC)cc1)C(C)=C2CCO. The first-order valence-electron chi connectivity index (χ1n) is 8.14. The highest BCUT2D eigenvalue weighted by molar-refractivity contribution is 7.98. The fourth-order valence-electron chi connectivity index (χ4n) is 3.24. The van der Waals surface area contributed by atoms with E-state index in [0.29, 0.717) is 6.42 Å². The number of ether oxygens (including phenoxy) is 1. The van der Waals surface area contributed by atoms with E-state index in [4.69, 9.17) is 4.74 Å². The summed E-state index contributed by atoms with van der Waals surface area (Å²) in [6.45, 7) is 2.08. The number of aliphatic hydroxyl groups is 1. The number of thioether (sulfide) groups is 1. The van der Waals surface area contributed by atoms with Crippen molar-refractivity contribution < 1.29 is 14.2 Å². The quantitative estimate of drug-likeness (QED) is 0.741. The Morgan fingerprint density at radius 2 is 1.88 bits per heavy atom. The smallest absolute Gasteiger partial charge is 0.165 e. The van der Waals surface area contributed by atoms with Crippen LogP contribution in [-0.2, 0) is 0 Å². The van der Waals surface area contributed by atoms with Crippen LogP contribution in [0.1, 0.15) is 30.0 Å². The molecule has 0 fully saturated rings. The van der Waals surface area contributed by atoms with Crippen molar-refractivity contribution in [2.24, 2.45) is 0 Å². The number of rotatable bonds is 5. The van der Waals surface area contributed by atoms with Gasteiger partial charge in [-0.25, -0.2) is 4.39 Å². The fraction of sp³-hybridized carbons (Fsp3) is 0.238. The van der Waals surface area contributed by atoms with Gasteiger partial charge >= 0.3 is 0 Å². The van der Waals surface area contributed by atoms with Gasteiger partial charge < -0.3 is 9.84 Å². The summed E-state index contributed by atoms with van der Waals surface area (Å²) < 4.78 is 19.4. The van der Waals surface area contributed by atoms with Crippen molar-refractivity contribution >= 4 is 29.0 Å². The van der Waals surface area contributed by atoms with Gasteiger partial charge in [-0.2, -0.15) is 0 Å². The second kappa shape index (κ2) is 7.46. The Kier molecular flexibility index (Phi) is 5.30. The molecule has 0 saturated heterocycles. The van der Waals surface area contributed by atoms with Crippen molar-refractivity contribution in [1.29, 1.82) is 0 Å². The fourth-order valence-corrected chi connectivity index (χ4v) is 3.64. The maximum atomic E-state index is 14.3. The van der Waals surface area contributed by atoms with Crippen LogP contribution >= 0.6 is 11.8 Å². The molecule has 1 aliphatic rings. The topological polar surface area (TPSA) is 29.5 Å². The first-order chi connectivity index (χ1) is 12.1. The molecule has 0 saturated carbocycles. The van der Waals surface area contributed by atoms with Gasteiger partial charge in [-0.05, 0) is 83.4 Å². The molecule has 130 valence electrons. The molecule has 4 heteroatoms. The van der Waals surface area contributed by atoms with Gasteiger partial charge in [-0.3, -0.25) is 0 Å². The molecule has 0 bridgehead atoms. The lowest BCUT2D eigenvalue weighted by molar-refractivity contribution is 0.305. The summed E-state index contributed by atoms with van der Waals surface area (Å²) in [7, 11) is 1.46. The first kappa shape index (κ1) is 17.8. The van der Waals surface area contributed by atoms with Gasteiger partial charge in [-0.15, -0.1) is 11.8 Å². The molecule has 2 nitrogen and oxygen atoms in total. The third-order valence-electron chi connectivity index (χ3n) is 4.55. The van der Waals surface area contributed by atoms with E-state index in [0.717, 1.165) is 33.4 Å². The van der Waals surface area contributed by atoms with Crippen LogP contribution < -0.4 is 4.74 Å². The largest absolute Gasteiger partial charge is 0.494 e. The van der Waals surface area contributed by atoms with Crippen LogP contribution in [0.15, 0.2) is 46.9 Å². The van der Waals surface area contributed by atoms with Gasteiger partial charge in [0, 0.05) is 11.5 Å². The van der Waals surface area contributed by atoms with Crippen LogP contribution in [0.25, 0.3) is 17.2 Å². The summed E-state index contributed by atoms with van der Waals surface area (Å²) in [6.07, 6.45) is 4.66. The minimum Gasteiger partial charge on any atom is -0.494 e. The molecular weight excluding hydrogens is 335 g/mol. The number of hydrogen-bond acceptors (Lipinski definition) is 3. The van der Waals surface area contributed by atoms with E-state index in [9.17, 15) is 9.50 Å². The zero-order chi connectivity index (χ0) is 18.0. The predicted molar refractivity (Wildman–Crippen MR) is 103 cm³/mol. The molecule has 3 rings (SSSR count). The number of halogens is 1. The molecule has 2 aromatic rings. The van der Waals surface area contributed by atoms with Crippen molar-refractivity contribution in [3.8, 4) is 5.75 Å². The van der Waals surface area contributed by atoms with Gasteiger partial charge in [-0.1, -0.05) is 12.1 Å². The van der Waals surface area contributed by atoms with E-state index in [-0.39, 0.29) is 18.2 Å². The molecule has 2 aromatic carbocycles. The summed E-state index contributed by atoms with van der Waals surface area (Å²) >= 11 is 1.70. The number of aliphatic hydroxyl groups excluding tert-OH is 1. The maximum absolute atomic E-state index is 14.3. The highest BCUT2D eigenvalue weighted by Crippen LogP contribution is 2.45. The Balaban J connectivity index is 2.13. The second-order valence-electron chi connectivity index (χ2n) is 5.94. The van der Waals surface area contributed by atoms with Crippen molar-refractivity contribution in [2.75, 3.05) is 20.0 Å². The van der Waals surface area contributed by atoms with E-state index in [1.54, 1.807) is 17.8 Å². The summed E-state index contributed by atoms with van der Waals surface area (Å²) in [5, 5.41) is 9.42. The average molecular weight is 356 g/mol. The van der Waals surface area contributed by atoms with Crippen LogP contribution in [-0.4, -0.2) is 25.1 Å². The zero-order valence-corrected chi connectivity index (χ0v) is 15.4. The van der Waals surface area contributed by atoms with Crippen LogP contribution in [0.4, 0.5) is 4.39 Å². The van der Waals surface area contributed by atoms with E-state index in [2.05, 4.69) is 30.3 Å². The molecule has 0 spiro atoms. The third kappa shape index (κ3) is 3.37. The van der Waals surface area contributed by atoms with E-state index < -0.39 is 0 Å². The Morgan fingerprint density at radius 1 is 1.16 bits per heavy atom. The Bertz CT molecular complexity index is 851. The number of fused-ring (bicyclic) bond motifs is 1. The Hall–Kier alpha value is -2.04. The van der Waals surface area contributed by atoms with Crippen LogP contribution in [0.5, 0.6) is 5.75 Å². The molecule has 0 unspecified atom stereocenters. The molecule has 0 aromatic heterocycles. The van der Waals surface area contributed by atoms with Gasteiger partial charge in [0.25, 0.3) is 0 Å². The van der Waals surface area contributed by atoms with Crippen molar-refractivity contribution in [2.45, 2.75) is 18.2 Å². The monoisotopic (exact) mass is 356 g/mol. The standard InChI is InChI=1S/C21H21FO2S/c1-13-16(8-9-23)19-12-21(24-2)20(22)11-18(19)17(13)10-14-4-6-15(25-3)7-5-14/h4-7,10-12,23H,8-9H2,1-3H3/b17-10-. The van der Waals surface area contributed by atoms with Crippen LogP contribution in [0, 0.1) is 5.82 Å². The zero-order valence-electron chi connectivity index (χ0n) is 14.6. The number of methoxy groups -OCH3 is 1. The van der Waals surface area contributed by atoms with E-state index >= 15 is 0 Å². The number of hydrogen-bond donors (Lipinski definition) is 1. The van der Waals surface area contributed by atoms with E-state index in [1.807, 2.05) is 13.2 Å². The minimum atomic E-state index is -0.372. The highest BCUT2D eigenvalue weighted by Gasteiger charge is 2.25. The molecule has 0 heterocycles. The minimum absolute atomic E-state index is 0.0570. The molecule has 25 heavy (non-hydrogen) atoms. The lowest BCUT2D eigenvalue weighted by Crippen LogP contribution is -1.94. The second-order valence-corrected chi connectivity index (χ2v) is 6.82. The molecule has 1 aliphatic carbocycles. The molecule has 1 N–H and O–H groups in total. The summed E-state index contributed by atoms with van der Waals surface area (Å²) in [5.41, 5.74) is 5.98. The first-order valence-corrected chi connectivity index (χ1v) is 9.36. The molecule has 0 radical (unpaired) electrons. The Labute approximate surface area is 152 Å². The van der Waals surface area contributed by atoms with E-state index in [1.165, 1.54) is 18.1 Å². The highest BCUT2D eigenvalue weighted by atomic mass is 32.2. The Morgan fingerprint density at radius 3 is 2.48 bits per heavy atom. The van der Waals surface area contributed by atoms with Gasteiger partial charge in [0.15, 0.2) is 11.6 Å². The average Bonchev–Trinajstić information content (AvgIpc) is 2.87. The third-order valence-corrected chi connectivity index (χ3v) is 5.30. The lowest BCUT2D eigenvalue weighted by atomic mass is 10.00. The van der Waals surface area contributed by atoms with Gasteiger partial charge in [0.2, 0.25) is 0 Å². The lowest BCUT2D eigenvalue weighted by Gasteiger charge is -2.09. The molecular formula is C21H21FO2S. The van der Waals surface area contributed by atoms with Gasteiger partial charge in [0.05, 0.1) is 7.11 Å².